The lowest BCUT2D eigenvalue weighted by molar-refractivity contribution is -0.121. The normalized spacial score (nSPS) is 14.4. The highest BCUT2D eigenvalue weighted by Gasteiger charge is 2.22. The minimum absolute atomic E-state index is 0.0856. The van der Waals surface area contributed by atoms with Crippen LogP contribution in [0, 0.1) is 0 Å². The van der Waals surface area contributed by atoms with E-state index in [1.54, 1.807) is 11.4 Å². The third-order valence-electron chi connectivity index (χ3n) is 2.67. The fourth-order valence-electron chi connectivity index (χ4n) is 1.53. The van der Waals surface area contributed by atoms with E-state index in [1.807, 2.05) is 0 Å². The molecule has 0 aliphatic heterocycles. The second-order valence-corrected chi connectivity index (χ2v) is 5.37. The first-order chi connectivity index (χ1) is 8.65. The van der Waals surface area contributed by atoms with Crippen LogP contribution >= 0.6 is 11.3 Å². The molecule has 1 saturated carbocycles. The summed E-state index contributed by atoms with van der Waals surface area (Å²) in [5.41, 5.74) is 0.322. The topological polar surface area (TPSA) is 78.4 Å². The van der Waals surface area contributed by atoms with Gasteiger partial charge in [0, 0.05) is 35.8 Å². The molecule has 0 saturated heterocycles. The van der Waals surface area contributed by atoms with Gasteiger partial charge in [-0.05, 0) is 18.9 Å². The molecule has 18 heavy (non-hydrogen) atoms. The molecule has 1 aromatic rings. The van der Waals surface area contributed by atoms with Crippen molar-refractivity contribution in [3.05, 3.63) is 21.9 Å². The number of hydrogen-bond acceptors (Lipinski definition) is 4. The Labute approximate surface area is 109 Å². The van der Waals surface area contributed by atoms with E-state index >= 15 is 0 Å². The molecule has 1 aliphatic carbocycles. The number of rotatable bonds is 7. The van der Waals surface area contributed by atoms with Gasteiger partial charge in [-0.25, -0.2) is 4.79 Å². The zero-order valence-corrected chi connectivity index (χ0v) is 10.8. The molecule has 5 nitrogen and oxygen atoms in total. The molecule has 1 aliphatic rings. The van der Waals surface area contributed by atoms with E-state index in [-0.39, 0.29) is 5.91 Å². The van der Waals surface area contributed by atoms with E-state index in [9.17, 15) is 9.59 Å². The van der Waals surface area contributed by atoms with Crippen LogP contribution in [0.4, 0.5) is 0 Å². The van der Waals surface area contributed by atoms with Crippen LogP contribution < -0.4 is 10.6 Å². The summed E-state index contributed by atoms with van der Waals surface area (Å²) < 4.78 is 0. The van der Waals surface area contributed by atoms with Gasteiger partial charge >= 0.3 is 5.97 Å². The van der Waals surface area contributed by atoms with Crippen molar-refractivity contribution >= 4 is 23.2 Å². The molecule has 6 heteroatoms. The van der Waals surface area contributed by atoms with Gasteiger partial charge in [-0.1, -0.05) is 0 Å². The van der Waals surface area contributed by atoms with Crippen LogP contribution in [0.5, 0.6) is 0 Å². The van der Waals surface area contributed by atoms with Gasteiger partial charge in [0.25, 0.3) is 0 Å². The number of carbonyl (C=O) groups is 2. The number of nitrogens with one attached hydrogen (secondary N) is 2. The van der Waals surface area contributed by atoms with Gasteiger partial charge in [0.1, 0.15) is 0 Å². The van der Waals surface area contributed by atoms with E-state index in [0.29, 0.717) is 31.1 Å². The Morgan fingerprint density at radius 1 is 1.44 bits per heavy atom. The van der Waals surface area contributed by atoms with Gasteiger partial charge in [-0.15, -0.1) is 11.3 Å². The molecule has 0 spiro atoms. The Kier molecular flexibility index (Phi) is 4.33. The van der Waals surface area contributed by atoms with Gasteiger partial charge in [0.15, 0.2) is 0 Å². The standard InChI is InChI=1S/C12H16N2O3S/c15-11(14-9-1-2-9)3-4-13-6-10-5-8(7-18-10)12(16)17/h5,7,9,13H,1-4,6H2,(H,14,15)(H,16,17). The van der Waals surface area contributed by atoms with Crippen molar-refractivity contribution in [1.29, 1.82) is 0 Å². The van der Waals surface area contributed by atoms with Crippen LogP contribution in [-0.4, -0.2) is 29.6 Å². The summed E-state index contributed by atoms with van der Waals surface area (Å²) in [5, 5.41) is 16.4. The fraction of sp³-hybridized carbons (Fsp3) is 0.500. The third kappa shape index (κ3) is 4.12. The quantitative estimate of drug-likeness (QED) is 0.649. The van der Waals surface area contributed by atoms with Gasteiger partial charge in [0.2, 0.25) is 5.91 Å². The zero-order chi connectivity index (χ0) is 13.0. The van der Waals surface area contributed by atoms with Crippen LogP contribution in [0.2, 0.25) is 0 Å². The second kappa shape index (κ2) is 5.97. The van der Waals surface area contributed by atoms with Crippen LogP contribution in [-0.2, 0) is 11.3 Å². The summed E-state index contributed by atoms with van der Waals surface area (Å²) in [5.74, 6) is -0.816. The Morgan fingerprint density at radius 2 is 2.22 bits per heavy atom. The highest BCUT2D eigenvalue weighted by Crippen LogP contribution is 2.18. The van der Waals surface area contributed by atoms with Crippen molar-refractivity contribution in [3.63, 3.8) is 0 Å². The maximum atomic E-state index is 11.4. The van der Waals surface area contributed by atoms with Crippen LogP contribution in [0.15, 0.2) is 11.4 Å². The average molecular weight is 268 g/mol. The van der Waals surface area contributed by atoms with E-state index in [2.05, 4.69) is 10.6 Å². The van der Waals surface area contributed by atoms with Gasteiger partial charge in [-0.3, -0.25) is 4.79 Å². The molecular weight excluding hydrogens is 252 g/mol. The minimum atomic E-state index is -0.902. The maximum absolute atomic E-state index is 11.4. The molecule has 98 valence electrons. The number of carboxylic acids is 1. The second-order valence-electron chi connectivity index (χ2n) is 4.38. The Hall–Kier alpha value is -1.40. The minimum Gasteiger partial charge on any atom is -0.478 e. The molecule has 2 rings (SSSR count). The van der Waals surface area contributed by atoms with Gasteiger partial charge < -0.3 is 15.7 Å². The van der Waals surface area contributed by atoms with Gasteiger partial charge in [-0.2, -0.15) is 0 Å². The zero-order valence-electron chi connectivity index (χ0n) is 9.94. The summed E-state index contributed by atoms with van der Waals surface area (Å²) in [6, 6.07) is 2.07. The molecule has 0 radical (unpaired) electrons. The molecule has 1 amide bonds. The van der Waals surface area contributed by atoms with E-state index in [4.69, 9.17) is 5.11 Å². The lowest BCUT2D eigenvalue weighted by atomic mass is 10.3. The number of carbonyl (C=O) groups excluding carboxylic acids is 1. The summed E-state index contributed by atoms with van der Waals surface area (Å²) >= 11 is 1.41. The van der Waals surface area contributed by atoms with Crippen LogP contribution in [0.25, 0.3) is 0 Å². The van der Waals surface area contributed by atoms with Crippen molar-refractivity contribution in [2.45, 2.75) is 31.8 Å². The SMILES string of the molecule is O=C(CCNCc1cc(C(=O)O)cs1)NC1CC1. The number of hydrogen-bond donors (Lipinski definition) is 3. The van der Waals surface area contributed by atoms with Crippen molar-refractivity contribution in [3.8, 4) is 0 Å². The maximum Gasteiger partial charge on any atom is 0.336 e. The molecule has 0 unspecified atom stereocenters. The lowest BCUT2D eigenvalue weighted by Crippen LogP contribution is -2.28. The predicted molar refractivity (Wildman–Crippen MR) is 68.8 cm³/mol. The highest BCUT2D eigenvalue weighted by molar-refractivity contribution is 7.10. The summed E-state index contributed by atoms with van der Waals surface area (Å²) in [7, 11) is 0. The van der Waals surface area contributed by atoms with Crippen molar-refractivity contribution in [1.82, 2.24) is 10.6 Å². The van der Waals surface area contributed by atoms with Crippen molar-refractivity contribution in [2.24, 2.45) is 0 Å². The third-order valence-corrected chi connectivity index (χ3v) is 3.61. The Balaban J connectivity index is 1.61. The first-order valence-corrected chi connectivity index (χ1v) is 6.84. The summed E-state index contributed by atoms with van der Waals surface area (Å²) in [6.45, 7) is 1.22. The van der Waals surface area contributed by atoms with Crippen molar-refractivity contribution in [2.75, 3.05) is 6.54 Å². The fourth-order valence-corrected chi connectivity index (χ4v) is 2.35. The monoisotopic (exact) mass is 268 g/mol. The molecule has 0 bridgehead atoms. The van der Waals surface area contributed by atoms with E-state index in [0.717, 1.165) is 17.7 Å². The number of amides is 1. The molecule has 1 aromatic heterocycles. The summed E-state index contributed by atoms with van der Waals surface area (Å²) in [6.07, 6.45) is 2.67. The average Bonchev–Trinajstić information content (AvgIpc) is 2.99. The molecular formula is C12H16N2O3S. The Bertz CT molecular complexity index is 440. The molecule has 1 heterocycles. The van der Waals surface area contributed by atoms with Crippen molar-refractivity contribution < 1.29 is 14.7 Å². The number of aromatic carboxylic acids is 1. The lowest BCUT2D eigenvalue weighted by Gasteiger charge is -2.04. The first kappa shape index (κ1) is 13.0. The molecule has 3 N–H and O–H groups in total. The molecule has 1 fully saturated rings. The molecule has 0 aromatic carbocycles. The van der Waals surface area contributed by atoms with E-state index in [1.165, 1.54) is 11.3 Å². The highest BCUT2D eigenvalue weighted by atomic mass is 32.1. The smallest absolute Gasteiger partial charge is 0.336 e. The first-order valence-electron chi connectivity index (χ1n) is 5.96. The number of carboxylic acid groups (broad SMARTS) is 1. The predicted octanol–water partition coefficient (Wildman–Crippen LogP) is 1.20. The molecule has 0 atom stereocenters. The van der Waals surface area contributed by atoms with Crippen LogP contribution in [0.1, 0.15) is 34.5 Å². The number of thiophene rings is 1. The Morgan fingerprint density at radius 3 is 2.83 bits per heavy atom. The largest absolute Gasteiger partial charge is 0.478 e. The van der Waals surface area contributed by atoms with Gasteiger partial charge in [0.05, 0.1) is 5.56 Å². The summed E-state index contributed by atoms with van der Waals surface area (Å²) in [4.78, 5) is 23.0. The van der Waals surface area contributed by atoms with Crippen LogP contribution in [0.3, 0.4) is 0 Å². The van der Waals surface area contributed by atoms with E-state index < -0.39 is 5.97 Å².